The van der Waals surface area contributed by atoms with E-state index in [1.54, 1.807) is 11.0 Å². The van der Waals surface area contributed by atoms with Crippen LogP contribution in [-0.2, 0) is 0 Å². The van der Waals surface area contributed by atoms with Crippen molar-refractivity contribution in [2.24, 2.45) is 11.3 Å². The van der Waals surface area contributed by atoms with E-state index in [4.69, 9.17) is 5.41 Å². The Hall–Kier alpha value is -1.32. The van der Waals surface area contributed by atoms with Crippen molar-refractivity contribution in [1.82, 2.24) is 10.2 Å². The van der Waals surface area contributed by atoms with Gasteiger partial charge < -0.3 is 4.90 Å². The summed E-state index contributed by atoms with van der Waals surface area (Å²) in [6, 6.07) is -0.140. The van der Waals surface area contributed by atoms with E-state index < -0.39 is 5.54 Å². The Morgan fingerprint density at radius 2 is 2.05 bits per heavy atom. The quantitative estimate of drug-likeness (QED) is 0.739. The Balaban J connectivity index is 2.17. The summed E-state index contributed by atoms with van der Waals surface area (Å²) >= 11 is 0. The maximum Gasteiger partial charge on any atom is 0.323 e. The van der Waals surface area contributed by atoms with E-state index in [2.05, 4.69) is 32.7 Å². The smallest absolute Gasteiger partial charge is 0.308 e. The van der Waals surface area contributed by atoms with Crippen LogP contribution in [0.25, 0.3) is 0 Å². The molecule has 1 aliphatic carbocycles. The first-order valence-electron chi connectivity index (χ1n) is 7.10. The van der Waals surface area contributed by atoms with Gasteiger partial charge in [-0.25, -0.2) is 4.79 Å². The third-order valence-electron chi connectivity index (χ3n) is 4.81. The molecular weight excluding hydrogens is 238 g/mol. The van der Waals surface area contributed by atoms with E-state index in [0.717, 1.165) is 25.7 Å². The second kappa shape index (κ2) is 4.66. The molecule has 2 fully saturated rings. The lowest BCUT2D eigenvalue weighted by Gasteiger charge is -2.45. The molecule has 0 atom stereocenters. The molecule has 0 aromatic carbocycles. The Morgan fingerprint density at radius 3 is 2.53 bits per heavy atom. The largest absolute Gasteiger partial charge is 0.323 e. The monoisotopic (exact) mass is 263 g/mol. The van der Waals surface area contributed by atoms with Gasteiger partial charge >= 0.3 is 6.03 Å². The molecule has 0 aromatic rings. The molecule has 2 rings (SSSR count). The highest BCUT2D eigenvalue weighted by molar-refractivity contribution is 6.08. The van der Waals surface area contributed by atoms with E-state index in [9.17, 15) is 4.79 Å². The Bertz CT molecular complexity index is 400. The molecule has 2 N–H and O–H groups in total. The van der Waals surface area contributed by atoms with Gasteiger partial charge in [-0.05, 0) is 37.0 Å². The first kappa shape index (κ1) is 14.1. The van der Waals surface area contributed by atoms with Gasteiger partial charge in [-0.3, -0.25) is 10.7 Å². The third-order valence-corrected chi connectivity index (χ3v) is 4.81. The molecule has 19 heavy (non-hydrogen) atoms. The molecule has 1 saturated heterocycles. The number of carbonyl (C=O) groups is 1. The molecule has 2 aliphatic rings. The molecule has 4 nitrogen and oxygen atoms in total. The topological polar surface area (TPSA) is 56.2 Å². The van der Waals surface area contributed by atoms with E-state index in [1.807, 2.05) is 0 Å². The molecule has 1 aliphatic heterocycles. The van der Waals surface area contributed by atoms with Gasteiger partial charge in [-0.1, -0.05) is 26.8 Å². The number of urea groups is 1. The van der Waals surface area contributed by atoms with Crippen LogP contribution in [0.5, 0.6) is 0 Å². The Kier molecular flexibility index (Phi) is 3.45. The minimum absolute atomic E-state index is 0.140. The third kappa shape index (κ3) is 2.28. The second-order valence-electron chi connectivity index (χ2n) is 6.88. The summed E-state index contributed by atoms with van der Waals surface area (Å²) in [7, 11) is 0. The van der Waals surface area contributed by atoms with E-state index in [1.165, 1.54) is 0 Å². The highest BCUT2D eigenvalue weighted by Crippen LogP contribution is 2.45. The fraction of sp³-hybridized carbons (Fsp3) is 0.733. The average molecular weight is 263 g/mol. The van der Waals surface area contributed by atoms with Crippen LogP contribution in [0.4, 0.5) is 4.79 Å². The summed E-state index contributed by atoms with van der Waals surface area (Å²) in [5.74, 6) is 1.05. The molecule has 0 aromatic heterocycles. The first-order valence-corrected chi connectivity index (χ1v) is 7.10. The molecule has 0 unspecified atom stereocenters. The predicted octanol–water partition coefficient (Wildman–Crippen LogP) is 3.15. The van der Waals surface area contributed by atoms with E-state index in [-0.39, 0.29) is 6.03 Å². The zero-order valence-corrected chi connectivity index (χ0v) is 12.3. The van der Waals surface area contributed by atoms with Gasteiger partial charge in [0.05, 0.1) is 0 Å². The molecule has 106 valence electrons. The van der Waals surface area contributed by atoms with Crippen molar-refractivity contribution in [2.45, 2.75) is 52.0 Å². The molecular formula is C15H25N3O. The number of carbonyl (C=O) groups excluding carboxylic acids is 1. The van der Waals surface area contributed by atoms with E-state index in [0.29, 0.717) is 23.7 Å². The number of hydrogen-bond donors (Lipinski definition) is 2. The van der Waals surface area contributed by atoms with Crippen LogP contribution in [0.1, 0.15) is 46.5 Å². The highest BCUT2D eigenvalue weighted by Gasteiger charge is 2.52. The normalized spacial score (nSPS) is 31.7. The van der Waals surface area contributed by atoms with Crippen LogP contribution in [0.15, 0.2) is 12.7 Å². The number of nitrogens with zero attached hydrogens (tertiary/aromatic N) is 1. The number of amides is 2. The van der Waals surface area contributed by atoms with Gasteiger partial charge in [0.2, 0.25) is 0 Å². The summed E-state index contributed by atoms with van der Waals surface area (Å²) in [5.41, 5.74) is -0.0872. The molecule has 1 spiro atoms. The van der Waals surface area contributed by atoms with Gasteiger partial charge in [0.15, 0.2) is 0 Å². The minimum atomic E-state index is -0.396. The van der Waals surface area contributed by atoms with Crippen LogP contribution < -0.4 is 5.32 Å². The van der Waals surface area contributed by atoms with Crippen LogP contribution in [0.3, 0.4) is 0 Å². The SMILES string of the molecule is C=CCN1C(=O)NC(=N)C12CCC(C(C)(C)C)CC2. The van der Waals surface area contributed by atoms with Crippen molar-refractivity contribution < 1.29 is 4.79 Å². The summed E-state index contributed by atoms with van der Waals surface area (Å²) in [6.07, 6.45) is 5.68. The molecule has 1 saturated carbocycles. The standard InChI is InChI=1S/C15H25N3O/c1-5-10-18-13(19)17-12(16)15(18)8-6-11(7-9-15)14(2,3)4/h5,11H,1,6-10H2,2-4H3,(H2,16,17,19). The Labute approximate surface area is 115 Å². The molecule has 0 bridgehead atoms. The van der Waals surface area contributed by atoms with Crippen LogP contribution >= 0.6 is 0 Å². The van der Waals surface area contributed by atoms with Crippen LogP contribution in [-0.4, -0.2) is 28.9 Å². The van der Waals surface area contributed by atoms with Crippen LogP contribution in [0, 0.1) is 16.7 Å². The number of hydrogen-bond acceptors (Lipinski definition) is 2. The maximum atomic E-state index is 12.0. The highest BCUT2D eigenvalue weighted by atomic mass is 16.2. The van der Waals surface area contributed by atoms with Gasteiger partial charge in [-0.2, -0.15) is 0 Å². The summed E-state index contributed by atoms with van der Waals surface area (Å²) < 4.78 is 0. The Morgan fingerprint density at radius 1 is 1.47 bits per heavy atom. The van der Waals surface area contributed by atoms with Gasteiger partial charge in [0.25, 0.3) is 0 Å². The van der Waals surface area contributed by atoms with Crippen LogP contribution in [0.2, 0.25) is 0 Å². The molecule has 4 heteroatoms. The van der Waals surface area contributed by atoms with Crippen molar-refractivity contribution in [3.63, 3.8) is 0 Å². The predicted molar refractivity (Wildman–Crippen MR) is 77.3 cm³/mol. The van der Waals surface area contributed by atoms with Crippen molar-refractivity contribution >= 4 is 11.9 Å². The fourth-order valence-electron chi connectivity index (χ4n) is 3.49. The molecule has 1 heterocycles. The zero-order valence-electron chi connectivity index (χ0n) is 12.3. The molecule has 0 radical (unpaired) electrons. The van der Waals surface area contributed by atoms with Gasteiger partial charge in [0.1, 0.15) is 11.4 Å². The number of rotatable bonds is 2. The molecule has 2 amide bonds. The lowest BCUT2D eigenvalue weighted by molar-refractivity contribution is 0.0969. The van der Waals surface area contributed by atoms with Gasteiger partial charge in [0, 0.05) is 6.54 Å². The number of nitrogens with one attached hydrogen (secondary N) is 2. The zero-order chi connectivity index (χ0) is 14.3. The minimum Gasteiger partial charge on any atom is -0.308 e. The summed E-state index contributed by atoms with van der Waals surface area (Å²) in [6.45, 7) is 11.1. The van der Waals surface area contributed by atoms with Gasteiger partial charge in [-0.15, -0.1) is 6.58 Å². The second-order valence-corrected chi connectivity index (χ2v) is 6.88. The van der Waals surface area contributed by atoms with Crippen molar-refractivity contribution in [1.29, 1.82) is 5.41 Å². The number of amidine groups is 1. The van der Waals surface area contributed by atoms with Crippen molar-refractivity contribution in [3.8, 4) is 0 Å². The van der Waals surface area contributed by atoms with Crippen molar-refractivity contribution in [2.75, 3.05) is 6.54 Å². The maximum absolute atomic E-state index is 12.0. The summed E-state index contributed by atoms with van der Waals surface area (Å²) in [4.78, 5) is 13.7. The lowest BCUT2D eigenvalue weighted by atomic mass is 9.67. The fourth-order valence-corrected chi connectivity index (χ4v) is 3.49. The lowest BCUT2D eigenvalue weighted by Crippen LogP contribution is -2.52. The van der Waals surface area contributed by atoms with E-state index >= 15 is 0 Å². The van der Waals surface area contributed by atoms with Crippen molar-refractivity contribution in [3.05, 3.63) is 12.7 Å². The first-order chi connectivity index (χ1) is 8.81. The average Bonchev–Trinajstić information content (AvgIpc) is 2.54. The summed E-state index contributed by atoms with van der Waals surface area (Å²) in [5, 5.41) is 10.8.